The van der Waals surface area contributed by atoms with Gasteiger partial charge in [0, 0.05) is 17.0 Å². The Labute approximate surface area is 167 Å². The maximum absolute atomic E-state index is 12.5. The molecule has 3 rings (SSSR count). The fourth-order valence-electron chi connectivity index (χ4n) is 2.60. The zero-order chi connectivity index (χ0) is 19.6. The van der Waals surface area contributed by atoms with Crippen LogP contribution in [0.25, 0.3) is 11.4 Å². The van der Waals surface area contributed by atoms with Crippen LogP contribution in [0.3, 0.4) is 0 Å². The van der Waals surface area contributed by atoms with E-state index in [9.17, 15) is 4.79 Å². The van der Waals surface area contributed by atoms with Crippen LogP contribution in [0.5, 0.6) is 0 Å². The lowest BCUT2D eigenvalue weighted by atomic mass is 10.1. The van der Waals surface area contributed by atoms with Crippen LogP contribution < -0.4 is 5.32 Å². The number of hydrogen-bond acceptors (Lipinski definition) is 6. The summed E-state index contributed by atoms with van der Waals surface area (Å²) in [4.78, 5) is 18.0. The third kappa shape index (κ3) is 4.39. The fraction of sp³-hybridized carbons (Fsp3) is 0.368. The molecule has 0 fully saturated rings. The number of anilines is 1. The molecule has 0 bridgehead atoms. The number of amides is 1. The van der Waals surface area contributed by atoms with Crippen molar-refractivity contribution in [3.8, 4) is 11.4 Å². The van der Waals surface area contributed by atoms with Gasteiger partial charge in [-0.15, -0.1) is 21.5 Å². The predicted molar refractivity (Wildman–Crippen MR) is 111 cm³/mol. The highest BCUT2D eigenvalue weighted by Gasteiger charge is 2.21. The second kappa shape index (κ2) is 8.22. The Hall–Kier alpha value is -2.19. The number of nitrogens with one attached hydrogen (secondary N) is 1. The number of nitrogens with zero attached hydrogens (tertiary/aromatic N) is 4. The number of rotatable bonds is 6. The van der Waals surface area contributed by atoms with E-state index in [-0.39, 0.29) is 11.2 Å². The molecule has 0 aliphatic carbocycles. The molecule has 2 heterocycles. The summed E-state index contributed by atoms with van der Waals surface area (Å²) in [5, 5.41) is 12.6. The van der Waals surface area contributed by atoms with Gasteiger partial charge in [-0.1, -0.05) is 35.5 Å². The Bertz CT molecular complexity index is 943. The third-order valence-electron chi connectivity index (χ3n) is 4.22. The molecule has 0 spiro atoms. The van der Waals surface area contributed by atoms with E-state index in [4.69, 9.17) is 0 Å². The second-order valence-electron chi connectivity index (χ2n) is 6.33. The normalized spacial score (nSPS) is 12.2. The van der Waals surface area contributed by atoms with Gasteiger partial charge >= 0.3 is 0 Å². The molecule has 6 nitrogen and oxygen atoms in total. The molecule has 0 aliphatic rings. The van der Waals surface area contributed by atoms with E-state index in [2.05, 4.69) is 46.5 Å². The zero-order valence-corrected chi connectivity index (χ0v) is 17.7. The van der Waals surface area contributed by atoms with Gasteiger partial charge in [0.25, 0.3) is 0 Å². The van der Waals surface area contributed by atoms with Crippen molar-refractivity contribution in [3.63, 3.8) is 0 Å². The fourth-order valence-corrected chi connectivity index (χ4v) is 4.33. The van der Waals surface area contributed by atoms with Crippen LogP contribution in [0.4, 0.5) is 5.13 Å². The number of benzene rings is 1. The SMILES string of the molecule is CCn1c(S[C@@H](C)C(=O)Nc2nc(C)c(C)s2)nnc1-c1cccc(C)c1. The Balaban J connectivity index is 1.75. The number of hydrogen-bond donors (Lipinski definition) is 1. The summed E-state index contributed by atoms with van der Waals surface area (Å²) in [6.07, 6.45) is 0. The van der Waals surface area contributed by atoms with Gasteiger partial charge in [-0.25, -0.2) is 4.98 Å². The van der Waals surface area contributed by atoms with Crippen molar-refractivity contribution < 1.29 is 4.79 Å². The van der Waals surface area contributed by atoms with Crippen molar-refractivity contribution in [1.29, 1.82) is 0 Å². The third-order valence-corrected chi connectivity index (χ3v) is 6.29. The summed E-state index contributed by atoms with van der Waals surface area (Å²) >= 11 is 2.90. The largest absolute Gasteiger partial charge is 0.302 e. The summed E-state index contributed by atoms with van der Waals surface area (Å²) in [7, 11) is 0. The molecule has 0 saturated heterocycles. The molecule has 1 amide bonds. The average Bonchev–Trinajstić information content (AvgIpc) is 3.17. The van der Waals surface area contributed by atoms with Gasteiger partial charge in [0.05, 0.1) is 10.9 Å². The molecule has 0 saturated carbocycles. The quantitative estimate of drug-likeness (QED) is 0.617. The number of carbonyl (C=O) groups excluding carboxylic acids is 1. The van der Waals surface area contributed by atoms with Gasteiger partial charge in [0.1, 0.15) is 0 Å². The summed E-state index contributed by atoms with van der Waals surface area (Å²) < 4.78 is 2.04. The first kappa shape index (κ1) is 19.6. The van der Waals surface area contributed by atoms with E-state index in [1.807, 2.05) is 37.5 Å². The van der Waals surface area contributed by atoms with Crippen molar-refractivity contribution >= 4 is 34.1 Å². The number of thiazole rings is 1. The molecule has 0 aliphatic heterocycles. The number of aromatic nitrogens is 4. The molecule has 1 N–H and O–H groups in total. The average molecular weight is 402 g/mol. The van der Waals surface area contributed by atoms with Crippen molar-refractivity contribution in [2.75, 3.05) is 5.32 Å². The van der Waals surface area contributed by atoms with Crippen LogP contribution in [-0.2, 0) is 11.3 Å². The van der Waals surface area contributed by atoms with E-state index < -0.39 is 0 Å². The Kier molecular flexibility index (Phi) is 5.96. The van der Waals surface area contributed by atoms with Crippen LogP contribution in [0.2, 0.25) is 0 Å². The molecule has 1 atom stereocenters. The number of thioether (sulfide) groups is 1. The van der Waals surface area contributed by atoms with Crippen LogP contribution >= 0.6 is 23.1 Å². The smallest absolute Gasteiger partial charge is 0.239 e. The van der Waals surface area contributed by atoms with Gasteiger partial charge in [-0.2, -0.15) is 0 Å². The summed E-state index contributed by atoms with van der Waals surface area (Å²) in [5.74, 6) is 0.735. The summed E-state index contributed by atoms with van der Waals surface area (Å²) in [5.41, 5.74) is 3.15. The highest BCUT2D eigenvalue weighted by molar-refractivity contribution is 8.00. The highest BCUT2D eigenvalue weighted by atomic mass is 32.2. The minimum Gasteiger partial charge on any atom is -0.302 e. The summed E-state index contributed by atoms with van der Waals surface area (Å²) in [6.45, 7) is 10.7. The summed E-state index contributed by atoms with van der Waals surface area (Å²) in [6, 6.07) is 8.19. The Morgan fingerprint density at radius 3 is 2.70 bits per heavy atom. The lowest BCUT2D eigenvalue weighted by molar-refractivity contribution is -0.115. The monoisotopic (exact) mass is 401 g/mol. The van der Waals surface area contributed by atoms with Gasteiger partial charge in [-0.3, -0.25) is 4.79 Å². The highest BCUT2D eigenvalue weighted by Crippen LogP contribution is 2.28. The molecular weight excluding hydrogens is 378 g/mol. The minimum absolute atomic E-state index is 0.0866. The number of aryl methyl sites for hydroxylation is 3. The lowest BCUT2D eigenvalue weighted by Crippen LogP contribution is -2.22. The van der Waals surface area contributed by atoms with Crippen molar-refractivity contribution in [2.45, 2.75) is 51.6 Å². The first-order valence-corrected chi connectivity index (χ1v) is 10.5. The lowest BCUT2D eigenvalue weighted by Gasteiger charge is -2.12. The van der Waals surface area contributed by atoms with E-state index in [1.165, 1.54) is 28.7 Å². The van der Waals surface area contributed by atoms with Crippen molar-refractivity contribution in [2.24, 2.45) is 0 Å². The van der Waals surface area contributed by atoms with E-state index in [0.717, 1.165) is 33.7 Å². The maximum Gasteiger partial charge on any atom is 0.239 e. The predicted octanol–water partition coefficient (Wildman–Crippen LogP) is 4.47. The van der Waals surface area contributed by atoms with Crippen LogP contribution in [0.1, 0.15) is 30.0 Å². The molecule has 1 aromatic carbocycles. The van der Waals surface area contributed by atoms with Gasteiger partial charge in [0.15, 0.2) is 16.1 Å². The zero-order valence-electron chi connectivity index (χ0n) is 16.1. The molecule has 3 aromatic rings. The second-order valence-corrected chi connectivity index (χ2v) is 8.84. The van der Waals surface area contributed by atoms with Crippen LogP contribution in [0.15, 0.2) is 29.4 Å². The van der Waals surface area contributed by atoms with E-state index in [0.29, 0.717) is 5.13 Å². The van der Waals surface area contributed by atoms with Gasteiger partial charge in [-0.05, 0) is 40.7 Å². The molecule has 0 unspecified atom stereocenters. The van der Waals surface area contributed by atoms with Gasteiger partial charge < -0.3 is 9.88 Å². The molecule has 142 valence electrons. The maximum atomic E-state index is 12.5. The van der Waals surface area contributed by atoms with Crippen molar-refractivity contribution in [3.05, 3.63) is 40.4 Å². The molecule has 27 heavy (non-hydrogen) atoms. The minimum atomic E-state index is -0.311. The topological polar surface area (TPSA) is 72.7 Å². The van der Waals surface area contributed by atoms with Crippen LogP contribution in [0, 0.1) is 20.8 Å². The van der Waals surface area contributed by atoms with Crippen molar-refractivity contribution in [1.82, 2.24) is 19.7 Å². The standard InChI is InChI=1S/C19H23N5OS2/c1-6-24-16(15-9-7-8-11(2)10-15)22-23-19(24)27-14(5)17(25)21-18-20-12(3)13(4)26-18/h7-10,14H,6H2,1-5H3,(H,20,21,25)/t14-/m0/s1. The molecule has 0 radical (unpaired) electrons. The molecule has 2 aromatic heterocycles. The van der Waals surface area contributed by atoms with Gasteiger partial charge in [0.2, 0.25) is 5.91 Å². The number of carbonyl (C=O) groups is 1. The Morgan fingerprint density at radius 2 is 2.07 bits per heavy atom. The molecule has 8 heteroatoms. The van der Waals surface area contributed by atoms with E-state index in [1.54, 1.807) is 0 Å². The first-order chi connectivity index (χ1) is 12.9. The van der Waals surface area contributed by atoms with Crippen LogP contribution in [-0.4, -0.2) is 30.9 Å². The first-order valence-electron chi connectivity index (χ1n) is 8.80. The Morgan fingerprint density at radius 1 is 1.30 bits per heavy atom. The molecular formula is C19H23N5OS2. The van der Waals surface area contributed by atoms with E-state index >= 15 is 0 Å².